The maximum atomic E-state index is 12.0. The summed E-state index contributed by atoms with van der Waals surface area (Å²) in [6.07, 6.45) is 3.36. The molecular formula is C14H17N3O2. The quantitative estimate of drug-likeness (QED) is 0.468. The molecule has 2 atom stereocenters. The Morgan fingerprint density at radius 1 is 1.37 bits per heavy atom. The van der Waals surface area contributed by atoms with E-state index in [1.54, 1.807) is 7.11 Å². The molecule has 0 spiro atoms. The van der Waals surface area contributed by atoms with Crippen molar-refractivity contribution >= 4 is 5.78 Å². The fourth-order valence-electron chi connectivity index (χ4n) is 2.58. The first-order valence-corrected chi connectivity index (χ1v) is 6.47. The molecule has 1 saturated carbocycles. The van der Waals surface area contributed by atoms with Crippen molar-refractivity contribution in [3.05, 3.63) is 40.3 Å². The van der Waals surface area contributed by atoms with E-state index in [4.69, 9.17) is 10.3 Å². The van der Waals surface area contributed by atoms with Crippen LogP contribution in [0.25, 0.3) is 10.4 Å². The lowest BCUT2D eigenvalue weighted by Crippen LogP contribution is -2.24. The molecule has 1 aliphatic carbocycles. The Kier molecular flexibility index (Phi) is 4.42. The summed E-state index contributed by atoms with van der Waals surface area (Å²) in [6.45, 7) is 0. The standard InChI is InChI=1S/C14H17N3O2/c1-19-11-8-6-10(7-9-11)14(16-17-15)12-4-2-3-5-13(12)18/h6-9,12,14H,2-5H2,1H3. The number of methoxy groups -OCH3 is 1. The van der Waals surface area contributed by atoms with E-state index in [1.165, 1.54) is 0 Å². The third kappa shape index (κ3) is 3.06. The molecule has 0 saturated heterocycles. The Balaban J connectivity index is 2.27. The fourth-order valence-corrected chi connectivity index (χ4v) is 2.58. The Bertz CT molecular complexity index is 492. The van der Waals surface area contributed by atoms with Gasteiger partial charge in [-0.1, -0.05) is 23.7 Å². The van der Waals surface area contributed by atoms with Crippen LogP contribution >= 0.6 is 0 Å². The lowest BCUT2D eigenvalue weighted by Gasteiger charge is -2.26. The first-order chi connectivity index (χ1) is 9.26. The van der Waals surface area contributed by atoms with Crippen molar-refractivity contribution in [2.24, 2.45) is 11.0 Å². The number of Topliss-reactive ketones (excluding diaryl/α,β-unsaturated/α-hetero) is 1. The number of ether oxygens (including phenoxy) is 1. The summed E-state index contributed by atoms with van der Waals surface area (Å²) in [5.74, 6) is 0.774. The van der Waals surface area contributed by atoms with E-state index in [2.05, 4.69) is 10.0 Å². The van der Waals surface area contributed by atoms with Gasteiger partial charge in [0.15, 0.2) is 0 Å². The van der Waals surface area contributed by atoms with Crippen LogP contribution in [-0.2, 0) is 4.79 Å². The third-order valence-corrected chi connectivity index (χ3v) is 3.62. The minimum Gasteiger partial charge on any atom is -0.497 e. The molecule has 2 unspecified atom stereocenters. The van der Waals surface area contributed by atoms with Gasteiger partial charge < -0.3 is 4.74 Å². The molecule has 0 bridgehead atoms. The van der Waals surface area contributed by atoms with Gasteiger partial charge in [-0.05, 0) is 36.1 Å². The molecule has 0 radical (unpaired) electrons. The topological polar surface area (TPSA) is 75.1 Å². The second-order valence-corrected chi connectivity index (χ2v) is 4.74. The maximum absolute atomic E-state index is 12.0. The first kappa shape index (κ1) is 13.4. The van der Waals surface area contributed by atoms with Gasteiger partial charge >= 0.3 is 0 Å². The van der Waals surface area contributed by atoms with E-state index in [1.807, 2.05) is 24.3 Å². The third-order valence-electron chi connectivity index (χ3n) is 3.62. The molecule has 1 aliphatic rings. The first-order valence-electron chi connectivity index (χ1n) is 6.47. The normalized spacial score (nSPS) is 20.5. The monoisotopic (exact) mass is 259 g/mol. The van der Waals surface area contributed by atoms with E-state index in [0.717, 1.165) is 30.6 Å². The number of carbonyl (C=O) groups excluding carboxylic acids is 1. The molecule has 0 aromatic heterocycles. The molecule has 0 amide bonds. The highest BCUT2D eigenvalue weighted by Gasteiger charge is 2.30. The summed E-state index contributed by atoms with van der Waals surface area (Å²) >= 11 is 0. The molecule has 0 aliphatic heterocycles. The number of ketones is 1. The zero-order chi connectivity index (χ0) is 13.7. The van der Waals surface area contributed by atoms with Gasteiger partial charge in [0, 0.05) is 17.3 Å². The molecule has 5 nitrogen and oxygen atoms in total. The van der Waals surface area contributed by atoms with E-state index in [9.17, 15) is 4.79 Å². The zero-order valence-corrected chi connectivity index (χ0v) is 11.0. The number of rotatable bonds is 4. The van der Waals surface area contributed by atoms with Gasteiger partial charge in [-0.25, -0.2) is 0 Å². The lowest BCUT2D eigenvalue weighted by molar-refractivity contribution is -0.125. The van der Waals surface area contributed by atoms with Crippen LogP contribution in [0.15, 0.2) is 29.4 Å². The number of hydrogen-bond donors (Lipinski definition) is 0. The average molecular weight is 259 g/mol. The van der Waals surface area contributed by atoms with Crippen molar-refractivity contribution in [2.45, 2.75) is 31.7 Å². The summed E-state index contributed by atoms with van der Waals surface area (Å²) in [7, 11) is 1.60. The Morgan fingerprint density at radius 3 is 2.68 bits per heavy atom. The fraction of sp³-hybridized carbons (Fsp3) is 0.500. The predicted octanol–water partition coefficient (Wildman–Crippen LogP) is 3.81. The molecule has 5 heteroatoms. The van der Waals surface area contributed by atoms with Crippen LogP contribution in [0.1, 0.15) is 37.3 Å². The van der Waals surface area contributed by atoms with E-state index < -0.39 is 6.04 Å². The Morgan fingerprint density at radius 2 is 2.11 bits per heavy atom. The smallest absolute Gasteiger partial charge is 0.136 e. The van der Waals surface area contributed by atoms with Crippen molar-refractivity contribution in [1.29, 1.82) is 0 Å². The molecule has 19 heavy (non-hydrogen) atoms. The molecule has 1 aromatic carbocycles. The van der Waals surface area contributed by atoms with E-state index >= 15 is 0 Å². The largest absolute Gasteiger partial charge is 0.497 e. The van der Waals surface area contributed by atoms with E-state index in [0.29, 0.717) is 6.42 Å². The summed E-state index contributed by atoms with van der Waals surface area (Å²) in [5.41, 5.74) is 9.61. The summed E-state index contributed by atoms with van der Waals surface area (Å²) in [5, 5.41) is 3.84. The van der Waals surface area contributed by atoms with E-state index in [-0.39, 0.29) is 11.7 Å². The number of benzene rings is 1. The maximum Gasteiger partial charge on any atom is 0.136 e. The summed E-state index contributed by atoms with van der Waals surface area (Å²) < 4.78 is 5.11. The van der Waals surface area contributed by atoms with Crippen molar-refractivity contribution in [3.63, 3.8) is 0 Å². The van der Waals surface area contributed by atoms with Gasteiger partial charge in [-0.2, -0.15) is 0 Å². The van der Waals surface area contributed by atoms with Crippen LogP contribution in [0.2, 0.25) is 0 Å². The van der Waals surface area contributed by atoms with Gasteiger partial charge in [0.1, 0.15) is 11.5 Å². The zero-order valence-electron chi connectivity index (χ0n) is 11.0. The highest BCUT2D eigenvalue weighted by Crippen LogP contribution is 2.35. The van der Waals surface area contributed by atoms with Crippen molar-refractivity contribution in [2.75, 3.05) is 7.11 Å². The second kappa shape index (κ2) is 6.25. The highest BCUT2D eigenvalue weighted by atomic mass is 16.5. The minimum absolute atomic E-state index is 0.182. The average Bonchev–Trinajstić information content (AvgIpc) is 2.46. The minimum atomic E-state index is -0.399. The lowest BCUT2D eigenvalue weighted by atomic mass is 9.80. The molecule has 0 N–H and O–H groups in total. The van der Waals surface area contributed by atoms with Crippen LogP contribution < -0.4 is 4.74 Å². The van der Waals surface area contributed by atoms with Crippen LogP contribution in [0.4, 0.5) is 0 Å². The van der Waals surface area contributed by atoms with Crippen LogP contribution in [0.5, 0.6) is 5.75 Å². The number of hydrogen-bond acceptors (Lipinski definition) is 3. The van der Waals surface area contributed by atoms with Crippen molar-refractivity contribution in [1.82, 2.24) is 0 Å². The van der Waals surface area contributed by atoms with Gasteiger partial charge in [0.25, 0.3) is 0 Å². The number of carbonyl (C=O) groups is 1. The Hall–Kier alpha value is -2.00. The number of nitrogens with zero attached hydrogens (tertiary/aromatic N) is 3. The molecule has 0 heterocycles. The summed E-state index contributed by atoms with van der Waals surface area (Å²) in [6, 6.07) is 6.97. The van der Waals surface area contributed by atoms with Gasteiger partial charge in [0.2, 0.25) is 0 Å². The van der Waals surface area contributed by atoms with Gasteiger partial charge in [0.05, 0.1) is 13.2 Å². The van der Waals surface area contributed by atoms with Crippen LogP contribution in [0, 0.1) is 5.92 Å². The predicted molar refractivity (Wildman–Crippen MR) is 71.8 cm³/mol. The van der Waals surface area contributed by atoms with Crippen LogP contribution in [-0.4, -0.2) is 12.9 Å². The van der Waals surface area contributed by atoms with Gasteiger partial charge in [-0.3, -0.25) is 4.79 Å². The van der Waals surface area contributed by atoms with Crippen molar-refractivity contribution < 1.29 is 9.53 Å². The molecule has 1 fully saturated rings. The molecule has 2 rings (SSSR count). The molecule has 100 valence electrons. The Labute approximate surface area is 112 Å². The van der Waals surface area contributed by atoms with Gasteiger partial charge in [-0.15, -0.1) is 0 Å². The summed E-state index contributed by atoms with van der Waals surface area (Å²) in [4.78, 5) is 14.9. The molecule has 1 aromatic rings. The second-order valence-electron chi connectivity index (χ2n) is 4.74. The van der Waals surface area contributed by atoms with Crippen LogP contribution in [0.3, 0.4) is 0 Å². The molecular weight excluding hydrogens is 242 g/mol. The highest BCUT2D eigenvalue weighted by molar-refractivity contribution is 5.82. The SMILES string of the molecule is COc1ccc(C(N=[N+]=[N-])C2CCCCC2=O)cc1. The van der Waals surface area contributed by atoms with Crippen molar-refractivity contribution in [3.8, 4) is 5.75 Å². The number of azide groups is 1.